The highest BCUT2D eigenvalue weighted by atomic mass is 16.5. The van der Waals surface area contributed by atoms with E-state index >= 15 is 0 Å². The van der Waals surface area contributed by atoms with Gasteiger partial charge in [0.25, 0.3) is 0 Å². The van der Waals surface area contributed by atoms with Gasteiger partial charge in [-0.15, -0.1) is 0 Å². The van der Waals surface area contributed by atoms with E-state index in [0.717, 1.165) is 13.4 Å². The number of aromatic nitrogens is 1. The van der Waals surface area contributed by atoms with Gasteiger partial charge in [-0.2, -0.15) is 0 Å². The Morgan fingerprint density at radius 3 is 2.79 bits per heavy atom. The van der Waals surface area contributed by atoms with E-state index in [1.165, 1.54) is 0 Å². The van der Waals surface area contributed by atoms with Crippen LogP contribution in [0, 0.1) is 0 Å². The SMILES string of the molecule is COC(=O)C(O)C(O)c1ccc2c(C=O)c[nH]c2c1. The van der Waals surface area contributed by atoms with Gasteiger partial charge >= 0.3 is 5.97 Å². The summed E-state index contributed by atoms with van der Waals surface area (Å²) in [5, 5.41) is 20.2. The summed E-state index contributed by atoms with van der Waals surface area (Å²) in [6.45, 7) is 0. The average Bonchev–Trinajstić information content (AvgIpc) is 2.86. The van der Waals surface area contributed by atoms with E-state index in [9.17, 15) is 19.8 Å². The fourth-order valence-electron chi connectivity index (χ4n) is 1.88. The number of aliphatic hydroxyl groups excluding tert-OH is 2. The number of benzene rings is 1. The summed E-state index contributed by atoms with van der Waals surface area (Å²) in [6.07, 6.45) is -0.772. The second-order valence-electron chi connectivity index (χ2n) is 4.08. The van der Waals surface area contributed by atoms with Gasteiger partial charge in [0.15, 0.2) is 12.4 Å². The fourth-order valence-corrected chi connectivity index (χ4v) is 1.88. The quantitative estimate of drug-likeness (QED) is 0.552. The summed E-state index contributed by atoms with van der Waals surface area (Å²) >= 11 is 0. The first-order valence-electron chi connectivity index (χ1n) is 5.58. The van der Waals surface area contributed by atoms with Crippen LogP contribution in [0.1, 0.15) is 22.0 Å². The summed E-state index contributed by atoms with van der Waals surface area (Å²) in [4.78, 5) is 24.8. The fraction of sp³-hybridized carbons (Fsp3) is 0.231. The smallest absolute Gasteiger partial charge is 0.337 e. The molecule has 1 heterocycles. The number of ether oxygens (including phenoxy) is 1. The Balaban J connectivity index is 2.35. The molecule has 2 unspecified atom stereocenters. The van der Waals surface area contributed by atoms with Gasteiger partial charge < -0.3 is 19.9 Å². The lowest BCUT2D eigenvalue weighted by molar-refractivity contribution is -0.156. The van der Waals surface area contributed by atoms with E-state index in [4.69, 9.17) is 0 Å². The van der Waals surface area contributed by atoms with Gasteiger partial charge in [0.1, 0.15) is 6.10 Å². The predicted octanol–water partition coefficient (Wildman–Crippen LogP) is 0.548. The number of methoxy groups -OCH3 is 1. The van der Waals surface area contributed by atoms with Crippen molar-refractivity contribution in [2.75, 3.05) is 7.11 Å². The highest BCUT2D eigenvalue weighted by molar-refractivity contribution is 5.97. The van der Waals surface area contributed by atoms with Crippen LogP contribution >= 0.6 is 0 Å². The molecule has 3 N–H and O–H groups in total. The summed E-state index contributed by atoms with van der Waals surface area (Å²) in [6, 6.07) is 4.75. The first kappa shape index (κ1) is 13.3. The van der Waals surface area contributed by atoms with Gasteiger partial charge in [-0.25, -0.2) is 4.79 Å². The highest BCUT2D eigenvalue weighted by Crippen LogP contribution is 2.24. The molecule has 0 amide bonds. The third-order valence-electron chi connectivity index (χ3n) is 2.95. The van der Waals surface area contributed by atoms with Crippen molar-refractivity contribution in [3.8, 4) is 0 Å². The minimum Gasteiger partial charge on any atom is -0.467 e. The second-order valence-corrected chi connectivity index (χ2v) is 4.08. The summed E-state index contributed by atoms with van der Waals surface area (Å²) in [5.41, 5.74) is 1.49. The molecule has 0 radical (unpaired) electrons. The minimum absolute atomic E-state index is 0.352. The van der Waals surface area contributed by atoms with Crippen molar-refractivity contribution in [3.63, 3.8) is 0 Å². The van der Waals surface area contributed by atoms with Crippen molar-refractivity contribution in [3.05, 3.63) is 35.5 Å². The van der Waals surface area contributed by atoms with Gasteiger partial charge in [-0.3, -0.25) is 4.79 Å². The van der Waals surface area contributed by atoms with Crippen LogP contribution in [0.3, 0.4) is 0 Å². The van der Waals surface area contributed by atoms with Crippen molar-refractivity contribution in [1.82, 2.24) is 4.98 Å². The Morgan fingerprint density at radius 1 is 1.42 bits per heavy atom. The van der Waals surface area contributed by atoms with E-state index in [-0.39, 0.29) is 0 Å². The molecular formula is C13H13NO5. The number of aldehydes is 1. The van der Waals surface area contributed by atoms with Gasteiger partial charge in [-0.1, -0.05) is 12.1 Å². The lowest BCUT2D eigenvalue weighted by atomic mass is 10.0. The third-order valence-corrected chi connectivity index (χ3v) is 2.95. The largest absolute Gasteiger partial charge is 0.467 e. The molecule has 6 heteroatoms. The predicted molar refractivity (Wildman–Crippen MR) is 66.7 cm³/mol. The summed E-state index contributed by atoms with van der Waals surface area (Å²) < 4.78 is 4.36. The maximum Gasteiger partial charge on any atom is 0.337 e. The zero-order chi connectivity index (χ0) is 14.0. The molecule has 0 aliphatic carbocycles. The topological polar surface area (TPSA) is 99.6 Å². The first-order valence-corrected chi connectivity index (χ1v) is 5.58. The number of aliphatic hydroxyl groups is 2. The van der Waals surface area contributed by atoms with Crippen LogP contribution in [0.15, 0.2) is 24.4 Å². The van der Waals surface area contributed by atoms with Crippen LogP contribution in [0.5, 0.6) is 0 Å². The molecule has 6 nitrogen and oxygen atoms in total. The highest BCUT2D eigenvalue weighted by Gasteiger charge is 2.26. The Labute approximate surface area is 108 Å². The molecule has 2 rings (SSSR count). The number of hydrogen-bond acceptors (Lipinski definition) is 5. The number of rotatable bonds is 4. The van der Waals surface area contributed by atoms with Gasteiger partial charge in [0.05, 0.1) is 7.11 Å². The van der Waals surface area contributed by atoms with Gasteiger partial charge in [-0.05, 0) is 11.6 Å². The lowest BCUT2D eigenvalue weighted by Crippen LogP contribution is -2.28. The van der Waals surface area contributed by atoms with Crippen LogP contribution in [-0.2, 0) is 9.53 Å². The van der Waals surface area contributed by atoms with E-state index in [2.05, 4.69) is 9.72 Å². The number of carbonyl (C=O) groups excluding carboxylic acids is 2. The monoisotopic (exact) mass is 263 g/mol. The number of fused-ring (bicyclic) bond motifs is 1. The molecule has 100 valence electrons. The van der Waals surface area contributed by atoms with Crippen molar-refractivity contribution in [2.45, 2.75) is 12.2 Å². The average molecular weight is 263 g/mol. The van der Waals surface area contributed by atoms with Crippen LogP contribution in [0.2, 0.25) is 0 Å². The van der Waals surface area contributed by atoms with Crippen LogP contribution < -0.4 is 0 Å². The maximum atomic E-state index is 11.2. The normalized spacial score (nSPS) is 14.1. The number of nitrogens with one attached hydrogen (secondary N) is 1. The lowest BCUT2D eigenvalue weighted by Gasteiger charge is -2.16. The van der Waals surface area contributed by atoms with E-state index in [1.807, 2.05) is 0 Å². The van der Waals surface area contributed by atoms with Crippen LogP contribution in [-0.4, -0.2) is 40.7 Å². The molecule has 0 saturated carbocycles. The Bertz CT molecular complexity index is 619. The zero-order valence-corrected chi connectivity index (χ0v) is 10.2. The number of esters is 1. The molecule has 2 aromatic rings. The van der Waals surface area contributed by atoms with E-state index < -0.39 is 18.2 Å². The summed E-state index contributed by atoms with van der Waals surface area (Å²) in [5.74, 6) is -0.910. The van der Waals surface area contributed by atoms with Crippen molar-refractivity contribution < 1.29 is 24.5 Å². The molecule has 19 heavy (non-hydrogen) atoms. The van der Waals surface area contributed by atoms with Crippen LogP contribution in [0.4, 0.5) is 0 Å². The molecule has 1 aromatic carbocycles. The molecule has 0 aliphatic heterocycles. The maximum absolute atomic E-state index is 11.2. The van der Waals surface area contributed by atoms with Crippen molar-refractivity contribution in [2.24, 2.45) is 0 Å². The number of H-pyrrole nitrogens is 1. The Hall–Kier alpha value is -2.18. The number of hydrogen-bond donors (Lipinski definition) is 3. The Kier molecular flexibility index (Phi) is 3.64. The molecule has 0 spiro atoms. The van der Waals surface area contributed by atoms with Crippen LogP contribution in [0.25, 0.3) is 10.9 Å². The van der Waals surface area contributed by atoms with Crippen molar-refractivity contribution in [1.29, 1.82) is 0 Å². The molecule has 0 fully saturated rings. The molecule has 1 aromatic heterocycles. The zero-order valence-electron chi connectivity index (χ0n) is 10.2. The Morgan fingerprint density at radius 2 is 2.16 bits per heavy atom. The van der Waals surface area contributed by atoms with Crippen molar-refractivity contribution >= 4 is 23.2 Å². The molecule has 0 aliphatic rings. The molecule has 0 saturated heterocycles. The van der Waals surface area contributed by atoms with Gasteiger partial charge in [0, 0.05) is 22.7 Å². The molecule has 2 atom stereocenters. The minimum atomic E-state index is -1.65. The second kappa shape index (κ2) is 5.21. The first-order chi connectivity index (χ1) is 9.08. The molecule has 0 bridgehead atoms. The summed E-state index contributed by atoms with van der Waals surface area (Å²) in [7, 11) is 1.13. The standard InChI is InChI=1S/C13H13NO5/c1-19-13(18)12(17)11(16)7-2-3-9-8(6-15)5-14-10(9)4-7/h2-6,11-12,14,16-17H,1H3. The number of aromatic amines is 1. The van der Waals surface area contributed by atoms with E-state index in [0.29, 0.717) is 22.0 Å². The molecular weight excluding hydrogens is 250 g/mol. The third kappa shape index (κ3) is 2.35. The van der Waals surface area contributed by atoms with E-state index in [1.54, 1.807) is 24.4 Å². The van der Waals surface area contributed by atoms with Gasteiger partial charge in [0.2, 0.25) is 0 Å². The number of carbonyl (C=O) groups is 2.